The summed E-state index contributed by atoms with van der Waals surface area (Å²) in [5.41, 5.74) is 0.619. The smallest absolute Gasteiger partial charge is 0.265 e. The summed E-state index contributed by atoms with van der Waals surface area (Å²) in [7, 11) is -3.67. The van der Waals surface area contributed by atoms with Gasteiger partial charge in [-0.1, -0.05) is 45.7 Å². The molecule has 0 amide bonds. The molecule has 0 bridgehead atoms. The van der Waals surface area contributed by atoms with Crippen molar-refractivity contribution in [3.63, 3.8) is 0 Å². The predicted molar refractivity (Wildman–Crippen MR) is 85.8 cm³/mol. The average Bonchev–Trinajstić information content (AvgIpc) is 2.40. The maximum Gasteiger partial charge on any atom is 0.265 e. The molecule has 106 valence electrons. The predicted octanol–water partition coefficient (Wildman–Crippen LogP) is 4.32. The summed E-state index contributed by atoms with van der Waals surface area (Å²) in [6, 6.07) is 13.7. The summed E-state index contributed by atoms with van der Waals surface area (Å²) in [6.45, 7) is 2.12. The van der Waals surface area contributed by atoms with Gasteiger partial charge in [0.05, 0.1) is 10.7 Å². The molecule has 0 saturated heterocycles. The second kappa shape index (κ2) is 6.16. The summed E-state index contributed by atoms with van der Waals surface area (Å²) in [4.78, 5) is 0.105. The molecule has 6 heteroatoms. The van der Waals surface area contributed by atoms with E-state index in [1.54, 1.807) is 43.3 Å². The van der Waals surface area contributed by atoms with Gasteiger partial charge in [0.1, 0.15) is 4.90 Å². The van der Waals surface area contributed by atoms with Gasteiger partial charge >= 0.3 is 0 Å². The summed E-state index contributed by atoms with van der Waals surface area (Å²) < 4.78 is 27.5. The lowest BCUT2D eigenvalue weighted by atomic mass is 10.3. The molecule has 2 aromatic carbocycles. The van der Waals surface area contributed by atoms with E-state index in [4.69, 9.17) is 11.6 Å². The molecule has 0 fully saturated rings. The van der Waals surface area contributed by atoms with Gasteiger partial charge in [0.25, 0.3) is 10.0 Å². The van der Waals surface area contributed by atoms with Crippen molar-refractivity contribution in [2.45, 2.75) is 11.8 Å². The lowest BCUT2D eigenvalue weighted by molar-refractivity contribution is 0.592. The maximum absolute atomic E-state index is 12.7. The second-order valence-corrected chi connectivity index (χ2v) is 7.23. The summed E-state index contributed by atoms with van der Waals surface area (Å²) >= 11 is 9.34. The van der Waals surface area contributed by atoms with Crippen LogP contribution in [0.5, 0.6) is 0 Å². The first kappa shape index (κ1) is 15.4. The largest absolute Gasteiger partial charge is 0.267 e. The van der Waals surface area contributed by atoms with Crippen LogP contribution in [0, 0.1) is 0 Å². The quantitative estimate of drug-likeness (QED) is 0.799. The molecule has 0 aliphatic carbocycles. The van der Waals surface area contributed by atoms with Gasteiger partial charge in [-0.25, -0.2) is 8.42 Å². The minimum atomic E-state index is -3.67. The Morgan fingerprint density at radius 1 is 1.15 bits per heavy atom. The van der Waals surface area contributed by atoms with E-state index in [9.17, 15) is 8.42 Å². The topological polar surface area (TPSA) is 37.4 Å². The van der Waals surface area contributed by atoms with E-state index >= 15 is 0 Å². The van der Waals surface area contributed by atoms with Crippen molar-refractivity contribution in [1.29, 1.82) is 0 Å². The van der Waals surface area contributed by atoms with Crippen molar-refractivity contribution in [3.8, 4) is 0 Å². The van der Waals surface area contributed by atoms with Crippen LogP contribution in [0.1, 0.15) is 6.92 Å². The lowest BCUT2D eigenvalue weighted by Gasteiger charge is -2.23. The lowest BCUT2D eigenvalue weighted by Crippen LogP contribution is -2.30. The summed E-state index contributed by atoms with van der Waals surface area (Å²) in [5.74, 6) is 0. The van der Waals surface area contributed by atoms with Gasteiger partial charge in [-0.15, -0.1) is 0 Å². The van der Waals surface area contributed by atoms with Gasteiger partial charge in [-0.05, 0) is 37.3 Å². The van der Waals surface area contributed by atoms with Crippen molar-refractivity contribution in [1.82, 2.24) is 0 Å². The number of para-hydroxylation sites is 1. The minimum Gasteiger partial charge on any atom is -0.267 e. The zero-order valence-electron chi connectivity index (χ0n) is 10.8. The molecule has 0 aliphatic heterocycles. The Morgan fingerprint density at radius 3 is 2.35 bits per heavy atom. The molecule has 0 spiro atoms. The van der Waals surface area contributed by atoms with Crippen molar-refractivity contribution in [3.05, 3.63) is 58.0 Å². The van der Waals surface area contributed by atoms with Gasteiger partial charge < -0.3 is 0 Å². The van der Waals surface area contributed by atoms with E-state index in [1.807, 2.05) is 6.07 Å². The normalized spacial score (nSPS) is 11.3. The van der Waals surface area contributed by atoms with E-state index in [0.717, 1.165) is 4.47 Å². The number of hydrogen-bond donors (Lipinski definition) is 0. The summed E-state index contributed by atoms with van der Waals surface area (Å²) in [5, 5.41) is 0.203. The van der Waals surface area contributed by atoms with Gasteiger partial charge in [0.15, 0.2) is 0 Å². The Kier molecular flexibility index (Phi) is 4.73. The maximum atomic E-state index is 12.7. The third kappa shape index (κ3) is 3.00. The fourth-order valence-corrected chi connectivity index (χ4v) is 4.38. The molecule has 0 N–H and O–H groups in total. The molecule has 0 radical (unpaired) electrons. The highest BCUT2D eigenvalue weighted by Crippen LogP contribution is 2.30. The zero-order chi connectivity index (χ0) is 14.8. The molecule has 0 heterocycles. The molecule has 0 saturated carbocycles. The van der Waals surface area contributed by atoms with E-state index < -0.39 is 10.0 Å². The number of anilines is 1. The Bertz CT molecular complexity index is 704. The SMILES string of the molecule is CCN(c1ccccc1)S(=O)(=O)c1ccc(Br)cc1Cl. The second-order valence-electron chi connectivity index (χ2n) is 4.08. The van der Waals surface area contributed by atoms with Crippen LogP contribution in [0.4, 0.5) is 5.69 Å². The first-order valence-electron chi connectivity index (χ1n) is 5.99. The highest BCUT2D eigenvalue weighted by atomic mass is 79.9. The third-order valence-electron chi connectivity index (χ3n) is 2.79. The van der Waals surface area contributed by atoms with Crippen LogP contribution in [0.25, 0.3) is 0 Å². The van der Waals surface area contributed by atoms with Gasteiger partial charge in [-0.3, -0.25) is 4.31 Å². The molecule has 0 atom stereocenters. The standard InChI is InChI=1S/C14H13BrClNO2S/c1-2-17(12-6-4-3-5-7-12)20(18,19)14-9-8-11(15)10-13(14)16/h3-10H,2H2,1H3. The number of hydrogen-bond acceptors (Lipinski definition) is 2. The number of halogens is 2. The molecular weight excluding hydrogens is 362 g/mol. The van der Waals surface area contributed by atoms with Crippen molar-refractivity contribution < 1.29 is 8.42 Å². The van der Waals surface area contributed by atoms with E-state index in [0.29, 0.717) is 12.2 Å². The first-order chi connectivity index (χ1) is 9.46. The van der Waals surface area contributed by atoms with Gasteiger partial charge in [-0.2, -0.15) is 0 Å². The Balaban J connectivity index is 2.53. The summed E-state index contributed by atoms with van der Waals surface area (Å²) in [6.07, 6.45) is 0. The molecule has 0 aliphatic rings. The van der Waals surface area contributed by atoms with Crippen molar-refractivity contribution in [2.24, 2.45) is 0 Å². The molecular formula is C14H13BrClNO2S. The fourth-order valence-electron chi connectivity index (χ4n) is 1.89. The molecule has 20 heavy (non-hydrogen) atoms. The highest BCUT2D eigenvalue weighted by molar-refractivity contribution is 9.10. The van der Waals surface area contributed by atoms with Crippen LogP contribution in [-0.4, -0.2) is 15.0 Å². The number of sulfonamides is 1. The van der Waals surface area contributed by atoms with Crippen LogP contribution in [0.3, 0.4) is 0 Å². The fraction of sp³-hybridized carbons (Fsp3) is 0.143. The first-order valence-corrected chi connectivity index (χ1v) is 8.60. The number of rotatable bonds is 4. The number of benzene rings is 2. The highest BCUT2D eigenvalue weighted by Gasteiger charge is 2.25. The zero-order valence-corrected chi connectivity index (χ0v) is 13.9. The van der Waals surface area contributed by atoms with Crippen LogP contribution in [0.2, 0.25) is 5.02 Å². The minimum absolute atomic E-state index is 0.105. The van der Waals surface area contributed by atoms with Crippen molar-refractivity contribution in [2.75, 3.05) is 10.8 Å². The van der Waals surface area contributed by atoms with E-state index in [-0.39, 0.29) is 9.92 Å². The van der Waals surface area contributed by atoms with Crippen LogP contribution >= 0.6 is 27.5 Å². The van der Waals surface area contributed by atoms with Crippen LogP contribution < -0.4 is 4.31 Å². The molecule has 2 rings (SSSR count). The van der Waals surface area contributed by atoms with Crippen LogP contribution in [0.15, 0.2) is 57.9 Å². The Labute approximate surface area is 132 Å². The monoisotopic (exact) mass is 373 g/mol. The Morgan fingerprint density at radius 2 is 1.80 bits per heavy atom. The molecule has 3 nitrogen and oxygen atoms in total. The molecule has 0 aromatic heterocycles. The third-order valence-corrected chi connectivity index (χ3v) is 5.67. The van der Waals surface area contributed by atoms with Crippen molar-refractivity contribution >= 4 is 43.2 Å². The van der Waals surface area contributed by atoms with Gasteiger partial charge in [0.2, 0.25) is 0 Å². The molecule has 2 aromatic rings. The van der Waals surface area contributed by atoms with Crippen LogP contribution in [-0.2, 0) is 10.0 Å². The van der Waals surface area contributed by atoms with E-state index in [2.05, 4.69) is 15.9 Å². The molecule has 0 unspecified atom stereocenters. The Hall–Kier alpha value is -1.04. The van der Waals surface area contributed by atoms with Gasteiger partial charge in [0, 0.05) is 11.0 Å². The number of nitrogens with zero attached hydrogens (tertiary/aromatic N) is 1. The van der Waals surface area contributed by atoms with E-state index in [1.165, 1.54) is 10.4 Å². The average molecular weight is 375 g/mol.